The average Bonchev–Trinajstić information content (AvgIpc) is 2.47. The maximum atomic E-state index is 13.3. The minimum absolute atomic E-state index is 0.0274. The second-order valence-corrected chi connectivity index (χ2v) is 6.97. The van der Waals surface area contributed by atoms with Crippen molar-refractivity contribution in [3.63, 3.8) is 0 Å². The molecule has 21 heavy (non-hydrogen) atoms. The van der Waals surface area contributed by atoms with Crippen LogP contribution in [0.15, 0.2) is 47.4 Å². The smallest absolute Gasteiger partial charge is 0.243 e. The number of fused-ring (bicyclic) bond motifs is 1. The quantitative estimate of drug-likeness (QED) is 0.865. The average molecular weight is 306 g/mol. The zero-order chi connectivity index (χ0) is 15.0. The van der Waals surface area contributed by atoms with Gasteiger partial charge in [0.25, 0.3) is 0 Å². The predicted molar refractivity (Wildman–Crippen MR) is 78.6 cm³/mol. The first-order chi connectivity index (χ1) is 9.98. The first-order valence-electron chi connectivity index (χ1n) is 6.60. The second kappa shape index (κ2) is 5.13. The topological polar surface area (TPSA) is 63.4 Å². The first-order valence-corrected chi connectivity index (χ1v) is 8.04. The summed E-state index contributed by atoms with van der Waals surface area (Å²) in [7, 11) is -3.71. The molecule has 2 N–H and O–H groups in total. The monoisotopic (exact) mass is 306 g/mol. The summed E-state index contributed by atoms with van der Waals surface area (Å²) in [6.07, 6.45) is 0.606. The third kappa shape index (κ3) is 2.52. The van der Waals surface area contributed by atoms with Crippen molar-refractivity contribution in [3.05, 3.63) is 59.4 Å². The largest absolute Gasteiger partial charge is 0.398 e. The lowest BCUT2D eigenvalue weighted by Gasteiger charge is -2.29. The summed E-state index contributed by atoms with van der Waals surface area (Å²) in [6.45, 7) is 0.593. The van der Waals surface area contributed by atoms with Gasteiger partial charge in [0, 0.05) is 18.8 Å². The van der Waals surface area contributed by atoms with E-state index in [0.717, 1.165) is 17.2 Å². The molecule has 0 atom stereocenters. The van der Waals surface area contributed by atoms with Crippen molar-refractivity contribution in [1.82, 2.24) is 4.31 Å². The molecule has 0 amide bonds. The Kier molecular flexibility index (Phi) is 3.43. The van der Waals surface area contributed by atoms with Gasteiger partial charge in [-0.2, -0.15) is 4.31 Å². The van der Waals surface area contributed by atoms with E-state index < -0.39 is 15.8 Å². The fourth-order valence-corrected chi connectivity index (χ4v) is 4.00. The normalized spacial score (nSPS) is 15.7. The number of hydrogen-bond acceptors (Lipinski definition) is 3. The van der Waals surface area contributed by atoms with E-state index in [4.69, 9.17) is 5.73 Å². The number of nitrogens with zero attached hydrogens (tertiary/aromatic N) is 1. The Labute approximate surface area is 123 Å². The van der Waals surface area contributed by atoms with Crippen LogP contribution in [0.4, 0.5) is 10.1 Å². The molecule has 4 nitrogen and oxygen atoms in total. The van der Waals surface area contributed by atoms with E-state index in [1.54, 1.807) is 6.07 Å². The third-order valence-electron chi connectivity index (χ3n) is 3.71. The van der Waals surface area contributed by atoms with Crippen LogP contribution in [0.25, 0.3) is 0 Å². The zero-order valence-electron chi connectivity index (χ0n) is 11.3. The summed E-state index contributed by atoms with van der Waals surface area (Å²) in [4.78, 5) is -0.0274. The van der Waals surface area contributed by atoms with Gasteiger partial charge in [0.15, 0.2) is 0 Å². The lowest BCUT2D eigenvalue weighted by molar-refractivity contribution is 0.392. The number of benzene rings is 2. The number of halogens is 1. The van der Waals surface area contributed by atoms with E-state index in [2.05, 4.69) is 0 Å². The molecule has 0 saturated carbocycles. The van der Waals surface area contributed by atoms with Crippen LogP contribution >= 0.6 is 0 Å². The summed E-state index contributed by atoms with van der Waals surface area (Å²) in [5.41, 5.74) is 8.42. The number of nitrogen functional groups attached to an aromatic ring is 1. The van der Waals surface area contributed by atoms with E-state index in [0.29, 0.717) is 18.7 Å². The van der Waals surface area contributed by atoms with E-state index in [1.165, 1.54) is 22.5 Å². The Morgan fingerprint density at radius 3 is 2.67 bits per heavy atom. The summed E-state index contributed by atoms with van der Waals surface area (Å²) in [6, 6.07) is 10.7. The molecule has 0 radical (unpaired) electrons. The van der Waals surface area contributed by atoms with E-state index >= 15 is 0 Å². The van der Waals surface area contributed by atoms with Crippen LogP contribution in [-0.4, -0.2) is 19.3 Å². The van der Waals surface area contributed by atoms with Gasteiger partial charge in [0.2, 0.25) is 10.0 Å². The second-order valence-electron chi connectivity index (χ2n) is 5.03. The van der Waals surface area contributed by atoms with Crippen molar-refractivity contribution in [1.29, 1.82) is 0 Å². The van der Waals surface area contributed by atoms with Crippen LogP contribution < -0.4 is 5.73 Å². The molecule has 6 heteroatoms. The van der Waals surface area contributed by atoms with E-state index in [9.17, 15) is 12.8 Å². The van der Waals surface area contributed by atoms with Crippen LogP contribution in [-0.2, 0) is 23.0 Å². The van der Waals surface area contributed by atoms with Gasteiger partial charge >= 0.3 is 0 Å². The van der Waals surface area contributed by atoms with Crippen LogP contribution in [0.2, 0.25) is 0 Å². The molecule has 0 saturated heterocycles. The van der Waals surface area contributed by atoms with Crippen molar-refractivity contribution in [2.24, 2.45) is 0 Å². The van der Waals surface area contributed by atoms with Crippen molar-refractivity contribution in [3.8, 4) is 0 Å². The summed E-state index contributed by atoms with van der Waals surface area (Å²) < 4.78 is 39.8. The lowest BCUT2D eigenvalue weighted by Crippen LogP contribution is -2.36. The molecule has 2 aromatic carbocycles. The van der Waals surface area contributed by atoms with Gasteiger partial charge in [0.1, 0.15) is 5.82 Å². The molecule has 3 rings (SSSR count). The molecule has 2 aromatic rings. The molecule has 1 aliphatic heterocycles. The zero-order valence-corrected chi connectivity index (χ0v) is 12.1. The van der Waals surface area contributed by atoms with Crippen LogP contribution in [0.3, 0.4) is 0 Å². The SMILES string of the molecule is Nc1cccc2c1CN(S(=O)(=O)c1cccc(F)c1)CC2. The van der Waals surface area contributed by atoms with E-state index in [1.807, 2.05) is 12.1 Å². The number of anilines is 1. The minimum Gasteiger partial charge on any atom is -0.398 e. The fraction of sp³-hybridized carbons (Fsp3) is 0.200. The van der Waals surface area contributed by atoms with Crippen LogP contribution in [0.1, 0.15) is 11.1 Å². The van der Waals surface area contributed by atoms with Gasteiger partial charge in [-0.15, -0.1) is 0 Å². The number of hydrogen-bond donors (Lipinski definition) is 1. The Bertz CT molecular complexity index is 790. The van der Waals surface area contributed by atoms with E-state index in [-0.39, 0.29) is 11.4 Å². The van der Waals surface area contributed by atoms with Crippen LogP contribution in [0.5, 0.6) is 0 Å². The maximum absolute atomic E-state index is 13.3. The van der Waals surface area contributed by atoms with Crippen molar-refractivity contribution >= 4 is 15.7 Å². The van der Waals surface area contributed by atoms with Crippen molar-refractivity contribution in [2.45, 2.75) is 17.9 Å². The predicted octanol–water partition coefficient (Wildman–Crippen LogP) is 2.15. The van der Waals surface area contributed by atoms with Gasteiger partial charge < -0.3 is 5.73 Å². The van der Waals surface area contributed by atoms with Crippen molar-refractivity contribution in [2.75, 3.05) is 12.3 Å². The number of sulfonamides is 1. The van der Waals surface area contributed by atoms with Gasteiger partial charge in [-0.05, 0) is 41.8 Å². The Morgan fingerprint density at radius 2 is 1.90 bits per heavy atom. The first kappa shape index (κ1) is 14.0. The molecule has 1 aliphatic rings. The highest BCUT2D eigenvalue weighted by Crippen LogP contribution is 2.28. The molecular weight excluding hydrogens is 291 g/mol. The Hall–Kier alpha value is -1.92. The highest BCUT2D eigenvalue weighted by Gasteiger charge is 2.29. The number of rotatable bonds is 2. The molecule has 0 spiro atoms. The van der Waals surface area contributed by atoms with Gasteiger partial charge in [-0.3, -0.25) is 0 Å². The molecule has 0 unspecified atom stereocenters. The summed E-state index contributed by atoms with van der Waals surface area (Å²) >= 11 is 0. The molecule has 110 valence electrons. The lowest BCUT2D eigenvalue weighted by atomic mass is 10.00. The van der Waals surface area contributed by atoms with Crippen molar-refractivity contribution < 1.29 is 12.8 Å². The molecule has 0 fully saturated rings. The van der Waals surface area contributed by atoms with Gasteiger partial charge in [-0.1, -0.05) is 18.2 Å². The molecule has 0 bridgehead atoms. The minimum atomic E-state index is -3.71. The highest BCUT2D eigenvalue weighted by molar-refractivity contribution is 7.89. The summed E-state index contributed by atoms with van der Waals surface area (Å²) in [5.74, 6) is -0.562. The molecule has 0 aromatic heterocycles. The molecule has 1 heterocycles. The van der Waals surface area contributed by atoms with Gasteiger partial charge in [-0.25, -0.2) is 12.8 Å². The molecule has 0 aliphatic carbocycles. The third-order valence-corrected chi connectivity index (χ3v) is 5.55. The number of nitrogens with two attached hydrogens (primary N) is 1. The van der Waals surface area contributed by atoms with Gasteiger partial charge in [0.05, 0.1) is 4.90 Å². The molecular formula is C15H15FN2O2S. The standard InChI is InChI=1S/C15H15FN2O2S/c16-12-4-2-5-13(9-12)21(19,20)18-8-7-11-3-1-6-15(17)14(11)10-18/h1-6,9H,7-8,10,17H2. The highest BCUT2D eigenvalue weighted by atomic mass is 32.2. The Balaban J connectivity index is 1.97. The summed E-state index contributed by atoms with van der Waals surface area (Å²) in [5, 5.41) is 0. The maximum Gasteiger partial charge on any atom is 0.243 e. The van der Waals surface area contributed by atoms with Crippen LogP contribution in [0, 0.1) is 5.82 Å². The fourth-order valence-electron chi connectivity index (χ4n) is 2.56. The Morgan fingerprint density at radius 1 is 1.14 bits per heavy atom.